The van der Waals surface area contributed by atoms with Crippen molar-refractivity contribution >= 4 is 16.6 Å². The van der Waals surface area contributed by atoms with Gasteiger partial charge in [0.1, 0.15) is 0 Å². The van der Waals surface area contributed by atoms with E-state index in [1.165, 1.54) is 55.1 Å². The SMILES string of the molecule is CCCCCCCC(C)Nc1ccc2[nH]ccc2c1. The summed E-state index contributed by atoms with van der Waals surface area (Å²) in [4.78, 5) is 3.23. The molecule has 0 fully saturated rings. The molecular formula is C17H26N2. The number of hydrogen-bond donors (Lipinski definition) is 2. The van der Waals surface area contributed by atoms with E-state index >= 15 is 0 Å². The molecule has 0 aliphatic carbocycles. The van der Waals surface area contributed by atoms with E-state index in [0.29, 0.717) is 6.04 Å². The Morgan fingerprint density at radius 2 is 1.95 bits per heavy atom. The number of aromatic nitrogens is 1. The second-order valence-electron chi connectivity index (χ2n) is 5.53. The maximum atomic E-state index is 3.60. The zero-order valence-electron chi connectivity index (χ0n) is 12.2. The fourth-order valence-corrected chi connectivity index (χ4v) is 2.55. The molecule has 0 aliphatic rings. The lowest BCUT2D eigenvalue weighted by Crippen LogP contribution is -2.14. The van der Waals surface area contributed by atoms with Crippen molar-refractivity contribution in [1.82, 2.24) is 4.98 Å². The Morgan fingerprint density at radius 1 is 1.11 bits per heavy atom. The maximum Gasteiger partial charge on any atom is 0.0455 e. The minimum absolute atomic E-state index is 0.554. The predicted molar refractivity (Wildman–Crippen MR) is 84.8 cm³/mol. The molecule has 1 heterocycles. The van der Waals surface area contributed by atoms with E-state index in [1.807, 2.05) is 6.20 Å². The molecule has 2 heteroatoms. The Hall–Kier alpha value is -1.44. The van der Waals surface area contributed by atoms with Crippen molar-refractivity contribution in [3.63, 3.8) is 0 Å². The Labute approximate surface area is 116 Å². The van der Waals surface area contributed by atoms with Crippen LogP contribution < -0.4 is 5.32 Å². The summed E-state index contributed by atoms with van der Waals surface area (Å²) in [5, 5.41) is 4.88. The highest BCUT2D eigenvalue weighted by molar-refractivity contribution is 5.82. The molecule has 2 nitrogen and oxygen atoms in total. The molecular weight excluding hydrogens is 232 g/mol. The van der Waals surface area contributed by atoms with Gasteiger partial charge in [0, 0.05) is 28.8 Å². The topological polar surface area (TPSA) is 27.8 Å². The number of unbranched alkanes of at least 4 members (excludes halogenated alkanes) is 4. The molecule has 1 aromatic carbocycles. The van der Waals surface area contributed by atoms with Crippen molar-refractivity contribution in [1.29, 1.82) is 0 Å². The van der Waals surface area contributed by atoms with Gasteiger partial charge in [-0.15, -0.1) is 0 Å². The van der Waals surface area contributed by atoms with Gasteiger partial charge in [-0.25, -0.2) is 0 Å². The third-order valence-electron chi connectivity index (χ3n) is 3.71. The van der Waals surface area contributed by atoms with Gasteiger partial charge >= 0.3 is 0 Å². The van der Waals surface area contributed by atoms with E-state index in [0.717, 1.165) is 0 Å². The lowest BCUT2D eigenvalue weighted by atomic mass is 10.1. The number of nitrogens with one attached hydrogen (secondary N) is 2. The fraction of sp³-hybridized carbons (Fsp3) is 0.529. The Morgan fingerprint density at radius 3 is 2.79 bits per heavy atom. The van der Waals surface area contributed by atoms with Crippen LogP contribution >= 0.6 is 0 Å². The molecule has 0 amide bonds. The van der Waals surface area contributed by atoms with Crippen molar-refractivity contribution in [2.75, 3.05) is 5.32 Å². The molecule has 104 valence electrons. The van der Waals surface area contributed by atoms with Crippen molar-refractivity contribution in [3.05, 3.63) is 30.5 Å². The summed E-state index contributed by atoms with van der Waals surface area (Å²) in [6.07, 6.45) is 10.0. The van der Waals surface area contributed by atoms with Crippen LogP contribution in [-0.4, -0.2) is 11.0 Å². The van der Waals surface area contributed by atoms with Crippen molar-refractivity contribution in [3.8, 4) is 0 Å². The number of hydrogen-bond acceptors (Lipinski definition) is 1. The molecule has 1 aromatic heterocycles. The van der Waals surface area contributed by atoms with Crippen LogP contribution in [0.2, 0.25) is 0 Å². The lowest BCUT2D eigenvalue weighted by Gasteiger charge is -2.15. The average Bonchev–Trinajstić information content (AvgIpc) is 2.86. The summed E-state index contributed by atoms with van der Waals surface area (Å²) in [6, 6.07) is 9.20. The van der Waals surface area contributed by atoms with E-state index < -0.39 is 0 Å². The first-order chi connectivity index (χ1) is 9.29. The molecule has 0 aliphatic heterocycles. The number of H-pyrrole nitrogens is 1. The second kappa shape index (κ2) is 7.22. The minimum atomic E-state index is 0.554. The van der Waals surface area contributed by atoms with Crippen LogP contribution in [0.25, 0.3) is 10.9 Å². The highest BCUT2D eigenvalue weighted by Gasteiger charge is 2.03. The van der Waals surface area contributed by atoms with E-state index in [1.54, 1.807) is 0 Å². The molecule has 1 atom stereocenters. The molecule has 0 radical (unpaired) electrons. The first-order valence-electron chi connectivity index (χ1n) is 7.63. The Balaban J connectivity index is 1.76. The van der Waals surface area contributed by atoms with E-state index in [2.05, 4.69) is 48.4 Å². The highest BCUT2D eigenvalue weighted by Crippen LogP contribution is 2.19. The quantitative estimate of drug-likeness (QED) is 0.615. The summed E-state index contributed by atoms with van der Waals surface area (Å²) in [7, 11) is 0. The number of anilines is 1. The Kier molecular flexibility index (Phi) is 5.31. The standard InChI is InChI=1S/C17H26N2/c1-3-4-5-6-7-8-14(2)19-16-9-10-17-15(13-16)11-12-18-17/h9-14,18-19H,3-8H2,1-2H3. The van der Waals surface area contributed by atoms with Crippen LogP contribution in [0.4, 0.5) is 5.69 Å². The second-order valence-corrected chi connectivity index (χ2v) is 5.53. The van der Waals surface area contributed by atoms with Gasteiger partial charge in [-0.1, -0.05) is 39.0 Å². The van der Waals surface area contributed by atoms with Gasteiger partial charge in [0.15, 0.2) is 0 Å². The normalized spacial score (nSPS) is 12.7. The summed E-state index contributed by atoms with van der Waals surface area (Å²) in [5.74, 6) is 0. The van der Waals surface area contributed by atoms with Crippen LogP contribution in [-0.2, 0) is 0 Å². The number of aromatic amines is 1. The molecule has 2 aromatic rings. The number of benzene rings is 1. The molecule has 0 bridgehead atoms. The van der Waals surface area contributed by atoms with Crippen molar-refractivity contribution in [2.24, 2.45) is 0 Å². The van der Waals surface area contributed by atoms with Crippen molar-refractivity contribution in [2.45, 2.75) is 58.4 Å². The smallest absolute Gasteiger partial charge is 0.0455 e. The molecule has 1 unspecified atom stereocenters. The van der Waals surface area contributed by atoms with Crippen LogP contribution in [0.15, 0.2) is 30.5 Å². The molecule has 0 saturated heterocycles. The van der Waals surface area contributed by atoms with Gasteiger partial charge in [0.2, 0.25) is 0 Å². The van der Waals surface area contributed by atoms with Crippen molar-refractivity contribution < 1.29 is 0 Å². The monoisotopic (exact) mass is 258 g/mol. The lowest BCUT2D eigenvalue weighted by molar-refractivity contribution is 0.578. The van der Waals surface area contributed by atoms with E-state index in [-0.39, 0.29) is 0 Å². The third kappa shape index (κ3) is 4.30. The minimum Gasteiger partial charge on any atom is -0.383 e. The van der Waals surface area contributed by atoms with Gasteiger partial charge in [-0.3, -0.25) is 0 Å². The molecule has 0 spiro atoms. The van der Waals surface area contributed by atoms with Gasteiger partial charge in [-0.2, -0.15) is 0 Å². The first kappa shape index (κ1) is 14.0. The summed E-state index contributed by atoms with van der Waals surface area (Å²) < 4.78 is 0. The van der Waals surface area contributed by atoms with Crippen LogP contribution in [0, 0.1) is 0 Å². The molecule has 2 N–H and O–H groups in total. The zero-order valence-corrected chi connectivity index (χ0v) is 12.2. The zero-order chi connectivity index (χ0) is 13.5. The van der Waals surface area contributed by atoms with Crippen LogP contribution in [0.1, 0.15) is 52.4 Å². The van der Waals surface area contributed by atoms with E-state index in [9.17, 15) is 0 Å². The summed E-state index contributed by atoms with van der Waals surface area (Å²) >= 11 is 0. The van der Waals surface area contributed by atoms with Gasteiger partial charge in [-0.05, 0) is 37.6 Å². The van der Waals surface area contributed by atoms with Gasteiger partial charge in [0.05, 0.1) is 0 Å². The number of rotatable bonds is 8. The maximum absolute atomic E-state index is 3.60. The molecule has 19 heavy (non-hydrogen) atoms. The summed E-state index contributed by atoms with van der Waals surface area (Å²) in [6.45, 7) is 4.54. The van der Waals surface area contributed by atoms with Gasteiger partial charge in [0.25, 0.3) is 0 Å². The third-order valence-corrected chi connectivity index (χ3v) is 3.71. The highest BCUT2D eigenvalue weighted by atomic mass is 14.9. The van der Waals surface area contributed by atoms with E-state index in [4.69, 9.17) is 0 Å². The number of fused-ring (bicyclic) bond motifs is 1. The predicted octanol–water partition coefficient (Wildman–Crippen LogP) is 5.33. The van der Waals surface area contributed by atoms with Gasteiger partial charge < -0.3 is 10.3 Å². The first-order valence-corrected chi connectivity index (χ1v) is 7.63. The largest absolute Gasteiger partial charge is 0.383 e. The Bertz CT molecular complexity index is 487. The van der Waals surface area contributed by atoms with Crippen LogP contribution in [0.3, 0.4) is 0 Å². The van der Waals surface area contributed by atoms with Crippen LogP contribution in [0.5, 0.6) is 0 Å². The fourth-order valence-electron chi connectivity index (χ4n) is 2.55. The average molecular weight is 258 g/mol. The molecule has 0 saturated carbocycles. The summed E-state index contributed by atoms with van der Waals surface area (Å²) in [5.41, 5.74) is 2.44. The molecule has 2 rings (SSSR count).